The zero-order chi connectivity index (χ0) is 11.1. The van der Waals surface area contributed by atoms with Crippen molar-refractivity contribution in [2.75, 3.05) is 5.75 Å². The molecular formula is C10H11ClO3S. The van der Waals surface area contributed by atoms with Crippen molar-refractivity contribution in [1.82, 2.24) is 0 Å². The molecule has 0 radical (unpaired) electrons. The fourth-order valence-corrected chi connectivity index (χ4v) is 3.52. The predicted molar refractivity (Wildman–Crippen MR) is 58.3 cm³/mol. The van der Waals surface area contributed by atoms with Crippen molar-refractivity contribution in [3.05, 3.63) is 35.4 Å². The van der Waals surface area contributed by atoms with Gasteiger partial charge in [-0.1, -0.05) is 24.3 Å². The third-order valence-corrected chi connectivity index (χ3v) is 3.89. The molecule has 1 aliphatic rings. The maximum absolute atomic E-state index is 11.0. The van der Waals surface area contributed by atoms with Crippen molar-refractivity contribution in [1.29, 1.82) is 0 Å². The molecule has 1 aromatic carbocycles. The molecule has 1 aromatic rings. The SMILES string of the molecule is O=S(=O)(Cl)CC1(O)CCc2ccccc21. The second kappa shape index (κ2) is 3.47. The first-order valence-electron chi connectivity index (χ1n) is 4.64. The van der Waals surface area contributed by atoms with E-state index in [0.29, 0.717) is 18.4 Å². The Balaban J connectivity index is 2.41. The number of aryl methyl sites for hydroxylation is 1. The molecule has 0 aliphatic heterocycles. The Morgan fingerprint density at radius 3 is 2.73 bits per heavy atom. The molecule has 15 heavy (non-hydrogen) atoms. The number of rotatable bonds is 2. The molecule has 1 atom stereocenters. The highest BCUT2D eigenvalue weighted by atomic mass is 35.7. The van der Waals surface area contributed by atoms with Crippen LogP contribution in [0.2, 0.25) is 0 Å². The number of hydrogen-bond donors (Lipinski definition) is 1. The van der Waals surface area contributed by atoms with E-state index in [2.05, 4.69) is 0 Å². The summed E-state index contributed by atoms with van der Waals surface area (Å²) in [6.45, 7) is 0. The van der Waals surface area contributed by atoms with Gasteiger partial charge >= 0.3 is 0 Å². The summed E-state index contributed by atoms with van der Waals surface area (Å²) < 4.78 is 22.0. The van der Waals surface area contributed by atoms with Crippen molar-refractivity contribution in [2.24, 2.45) is 0 Å². The molecule has 0 spiro atoms. The maximum atomic E-state index is 11.0. The number of hydrogen-bond acceptors (Lipinski definition) is 3. The van der Waals surface area contributed by atoms with E-state index in [1.54, 1.807) is 12.1 Å². The molecule has 1 aliphatic carbocycles. The minimum Gasteiger partial charge on any atom is -0.384 e. The molecule has 0 saturated carbocycles. The van der Waals surface area contributed by atoms with E-state index in [0.717, 1.165) is 5.56 Å². The highest BCUT2D eigenvalue weighted by molar-refractivity contribution is 8.13. The average Bonchev–Trinajstić information content (AvgIpc) is 2.42. The summed E-state index contributed by atoms with van der Waals surface area (Å²) in [6.07, 6.45) is 1.11. The fourth-order valence-electron chi connectivity index (χ4n) is 2.10. The van der Waals surface area contributed by atoms with Gasteiger partial charge in [0.05, 0.1) is 5.75 Å². The van der Waals surface area contributed by atoms with Gasteiger partial charge in [-0.25, -0.2) is 8.42 Å². The minimum atomic E-state index is -3.69. The van der Waals surface area contributed by atoms with Crippen LogP contribution in [0.15, 0.2) is 24.3 Å². The molecule has 1 N–H and O–H groups in total. The van der Waals surface area contributed by atoms with Crippen LogP contribution in [0.4, 0.5) is 0 Å². The fraction of sp³-hybridized carbons (Fsp3) is 0.400. The van der Waals surface area contributed by atoms with E-state index in [-0.39, 0.29) is 0 Å². The summed E-state index contributed by atoms with van der Waals surface area (Å²) in [5, 5.41) is 10.2. The van der Waals surface area contributed by atoms with Crippen molar-refractivity contribution in [2.45, 2.75) is 18.4 Å². The third kappa shape index (κ3) is 2.17. The summed E-state index contributed by atoms with van der Waals surface area (Å²) in [6, 6.07) is 7.31. The maximum Gasteiger partial charge on any atom is 0.235 e. The normalized spacial score (nSPS) is 25.2. The van der Waals surface area contributed by atoms with Gasteiger partial charge in [-0.15, -0.1) is 0 Å². The van der Waals surface area contributed by atoms with Crippen LogP contribution in [-0.2, 0) is 21.1 Å². The van der Waals surface area contributed by atoms with Crippen LogP contribution in [0.25, 0.3) is 0 Å². The molecule has 0 amide bonds. The lowest BCUT2D eigenvalue weighted by Crippen LogP contribution is -2.30. The van der Waals surface area contributed by atoms with Gasteiger partial charge in [0.25, 0.3) is 0 Å². The molecule has 5 heteroatoms. The van der Waals surface area contributed by atoms with Crippen LogP contribution in [0, 0.1) is 0 Å². The summed E-state index contributed by atoms with van der Waals surface area (Å²) in [7, 11) is 1.50. The van der Waals surface area contributed by atoms with Crippen LogP contribution in [0.5, 0.6) is 0 Å². The van der Waals surface area contributed by atoms with Gasteiger partial charge in [0, 0.05) is 10.7 Å². The smallest absolute Gasteiger partial charge is 0.235 e. The molecule has 3 nitrogen and oxygen atoms in total. The van der Waals surface area contributed by atoms with Gasteiger partial charge in [-0.05, 0) is 24.0 Å². The Labute approximate surface area is 93.1 Å². The largest absolute Gasteiger partial charge is 0.384 e. The molecule has 82 valence electrons. The first-order chi connectivity index (χ1) is 6.91. The van der Waals surface area contributed by atoms with Gasteiger partial charge in [0.15, 0.2) is 0 Å². The molecule has 1 unspecified atom stereocenters. The van der Waals surface area contributed by atoms with E-state index >= 15 is 0 Å². The van der Waals surface area contributed by atoms with Gasteiger partial charge in [0.2, 0.25) is 9.05 Å². The van der Waals surface area contributed by atoms with E-state index in [4.69, 9.17) is 10.7 Å². The van der Waals surface area contributed by atoms with Crippen molar-refractivity contribution in [3.8, 4) is 0 Å². The van der Waals surface area contributed by atoms with Crippen molar-refractivity contribution >= 4 is 19.7 Å². The second-order valence-electron chi connectivity index (χ2n) is 3.87. The zero-order valence-corrected chi connectivity index (χ0v) is 9.55. The van der Waals surface area contributed by atoms with Crippen molar-refractivity contribution in [3.63, 3.8) is 0 Å². The van der Waals surface area contributed by atoms with Gasteiger partial charge in [0.1, 0.15) is 5.60 Å². The quantitative estimate of drug-likeness (QED) is 0.803. The summed E-state index contributed by atoms with van der Waals surface area (Å²) >= 11 is 0. The number of benzene rings is 1. The van der Waals surface area contributed by atoms with Gasteiger partial charge < -0.3 is 5.11 Å². The summed E-state index contributed by atoms with van der Waals surface area (Å²) in [5.74, 6) is -0.418. The van der Waals surface area contributed by atoms with E-state index in [1.807, 2.05) is 12.1 Å². The van der Waals surface area contributed by atoms with Gasteiger partial charge in [-0.2, -0.15) is 0 Å². The van der Waals surface area contributed by atoms with Crippen LogP contribution in [0.3, 0.4) is 0 Å². The van der Waals surface area contributed by atoms with E-state index < -0.39 is 20.4 Å². The number of aliphatic hydroxyl groups is 1. The standard InChI is InChI=1S/C10H11ClO3S/c11-15(13,14)7-10(12)6-5-8-3-1-2-4-9(8)10/h1-4,12H,5-7H2. The van der Waals surface area contributed by atoms with Gasteiger partial charge in [-0.3, -0.25) is 0 Å². The third-order valence-electron chi connectivity index (χ3n) is 2.74. The first-order valence-corrected chi connectivity index (χ1v) is 7.12. The highest BCUT2D eigenvalue weighted by Crippen LogP contribution is 2.38. The van der Waals surface area contributed by atoms with Crippen LogP contribution in [-0.4, -0.2) is 19.3 Å². The lowest BCUT2D eigenvalue weighted by atomic mass is 9.99. The molecule has 0 aromatic heterocycles. The van der Waals surface area contributed by atoms with Crippen LogP contribution < -0.4 is 0 Å². The topological polar surface area (TPSA) is 54.4 Å². The molecule has 0 fully saturated rings. The zero-order valence-electron chi connectivity index (χ0n) is 7.98. The predicted octanol–water partition coefficient (Wildman–Crippen LogP) is 1.39. The molecule has 0 heterocycles. The number of fused-ring (bicyclic) bond motifs is 1. The Kier molecular flexibility index (Phi) is 2.53. The summed E-state index contributed by atoms with van der Waals surface area (Å²) in [4.78, 5) is 0. The highest BCUT2D eigenvalue weighted by Gasteiger charge is 2.39. The van der Waals surface area contributed by atoms with E-state index in [9.17, 15) is 13.5 Å². The van der Waals surface area contributed by atoms with Crippen LogP contribution in [0.1, 0.15) is 17.5 Å². The monoisotopic (exact) mass is 246 g/mol. The Morgan fingerprint density at radius 1 is 1.40 bits per heavy atom. The summed E-state index contributed by atoms with van der Waals surface area (Å²) in [5.41, 5.74) is 0.381. The molecule has 0 bridgehead atoms. The second-order valence-corrected chi connectivity index (χ2v) is 6.65. The lowest BCUT2D eigenvalue weighted by Gasteiger charge is -2.21. The minimum absolute atomic E-state index is 0.415. The Bertz CT molecular complexity index is 483. The van der Waals surface area contributed by atoms with Crippen molar-refractivity contribution < 1.29 is 13.5 Å². The molecule has 0 saturated heterocycles. The first kappa shape index (κ1) is 10.9. The molecular weight excluding hydrogens is 236 g/mol. The number of halogens is 1. The van der Waals surface area contributed by atoms with Crippen LogP contribution >= 0.6 is 10.7 Å². The Hall–Kier alpha value is -0.580. The molecule has 2 rings (SSSR count). The average molecular weight is 247 g/mol. The van der Waals surface area contributed by atoms with E-state index in [1.165, 1.54) is 0 Å². The Morgan fingerprint density at radius 2 is 2.07 bits per heavy atom. The lowest BCUT2D eigenvalue weighted by molar-refractivity contribution is 0.0633.